The summed E-state index contributed by atoms with van der Waals surface area (Å²) in [6, 6.07) is 19.8. The number of aromatic nitrogens is 1. The number of rotatable bonds is 7. The van der Waals surface area contributed by atoms with E-state index in [1.165, 1.54) is 0 Å². The fraction of sp³-hybridized carbons (Fsp3) is 0.222. The van der Waals surface area contributed by atoms with E-state index in [4.69, 9.17) is 25.1 Å². The molecule has 3 aromatic rings. The molecule has 1 aromatic heterocycles. The zero-order valence-electron chi connectivity index (χ0n) is 19.7. The van der Waals surface area contributed by atoms with E-state index < -0.39 is 6.09 Å². The fourth-order valence-electron chi connectivity index (χ4n) is 3.98. The first-order valence-corrected chi connectivity index (χ1v) is 11.6. The van der Waals surface area contributed by atoms with Crippen molar-refractivity contribution in [2.45, 2.75) is 37.8 Å². The van der Waals surface area contributed by atoms with Crippen LogP contribution in [0.1, 0.15) is 47.2 Å². The number of hydrogen-bond acceptors (Lipinski definition) is 7. The number of ether oxygens (including phenoxy) is 2. The molecule has 3 N–H and O–H groups in total. The first-order chi connectivity index (χ1) is 17.9. The molecule has 1 aliphatic carbocycles. The molecule has 4 rings (SSSR count). The zero-order valence-corrected chi connectivity index (χ0v) is 19.7. The first-order valence-electron chi connectivity index (χ1n) is 11.6. The molecule has 0 aliphatic heterocycles. The summed E-state index contributed by atoms with van der Waals surface area (Å²) < 4.78 is 11.7. The van der Waals surface area contributed by atoms with Crippen LogP contribution in [0.4, 0.5) is 4.79 Å². The van der Waals surface area contributed by atoms with Crippen molar-refractivity contribution < 1.29 is 24.2 Å². The molecular weight excluding hydrogens is 474 g/mol. The predicted octanol–water partition coefficient (Wildman–Crippen LogP) is 4.72. The van der Waals surface area contributed by atoms with E-state index in [9.17, 15) is 9.59 Å². The highest BCUT2D eigenvalue weighted by Gasteiger charge is 2.25. The normalized spacial score (nSPS) is 16.5. The molecule has 0 bridgehead atoms. The Morgan fingerprint density at radius 2 is 1.30 bits per heavy atom. The number of carboxylic acid groups (broad SMARTS) is 1. The number of carbonyl (C=O) groups is 2. The maximum atomic E-state index is 13.2. The molecule has 1 aliphatic rings. The fourth-order valence-corrected chi connectivity index (χ4v) is 3.98. The molecule has 0 atom stereocenters. The molecule has 2 amide bonds. The second kappa shape index (κ2) is 11.6. The van der Waals surface area contributed by atoms with E-state index >= 15 is 0 Å². The Morgan fingerprint density at radius 3 is 1.81 bits per heavy atom. The molecule has 0 saturated heterocycles. The average molecular weight is 498 g/mol. The van der Waals surface area contributed by atoms with Crippen LogP contribution < -0.4 is 20.1 Å². The van der Waals surface area contributed by atoms with E-state index in [0.717, 1.165) is 0 Å². The third-order valence-corrected chi connectivity index (χ3v) is 5.87. The van der Waals surface area contributed by atoms with Crippen molar-refractivity contribution in [1.82, 2.24) is 15.6 Å². The lowest BCUT2D eigenvalue weighted by Crippen LogP contribution is -2.43. The summed E-state index contributed by atoms with van der Waals surface area (Å²) in [5.41, 5.74) is 1.15. The molecule has 186 valence electrons. The minimum atomic E-state index is -1.05. The topological polar surface area (TPSA) is 157 Å². The molecule has 37 heavy (non-hydrogen) atoms. The SMILES string of the molecule is N#Cc1ccc(Oc2ccc(C(=O)NC3CCC(NC(=O)O)CC3)c(Oc3ccc(C#N)cc3)n2)cc1. The summed E-state index contributed by atoms with van der Waals surface area (Å²) in [4.78, 5) is 28.4. The largest absolute Gasteiger partial charge is 0.465 e. The number of nitrogens with one attached hydrogen (secondary N) is 2. The van der Waals surface area contributed by atoms with Gasteiger partial charge in [0.05, 0.1) is 23.3 Å². The second-order valence-corrected chi connectivity index (χ2v) is 8.45. The molecule has 1 heterocycles. The van der Waals surface area contributed by atoms with Gasteiger partial charge in [0.25, 0.3) is 5.91 Å². The van der Waals surface area contributed by atoms with Gasteiger partial charge in [0.2, 0.25) is 11.8 Å². The molecule has 1 fully saturated rings. The molecular formula is C27H23N5O5. The van der Waals surface area contributed by atoms with Crippen LogP contribution in [0.3, 0.4) is 0 Å². The Hall–Kier alpha value is -5.09. The summed E-state index contributed by atoms with van der Waals surface area (Å²) in [5, 5.41) is 32.4. The number of amides is 2. The van der Waals surface area contributed by atoms with Crippen LogP contribution >= 0.6 is 0 Å². The Balaban J connectivity index is 1.53. The van der Waals surface area contributed by atoms with E-state index in [0.29, 0.717) is 48.3 Å². The molecule has 0 radical (unpaired) electrons. The van der Waals surface area contributed by atoms with Crippen LogP contribution in [0.15, 0.2) is 60.7 Å². The van der Waals surface area contributed by atoms with Crippen molar-refractivity contribution in [3.8, 4) is 35.4 Å². The van der Waals surface area contributed by atoms with Crippen molar-refractivity contribution in [2.24, 2.45) is 0 Å². The Morgan fingerprint density at radius 1 is 0.784 bits per heavy atom. The Labute approximate surface area is 213 Å². The third kappa shape index (κ3) is 6.74. The first kappa shape index (κ1) is 25.0. The highest BCUT2D eigenvalue weighted by atomic mass is 16.5. The summed E-state index contributed by atoms with van der Waals surface area (Å²) in [7, 11) is 0. The van der Waals surface area contributed by atoms with Crippen molar-refractivity contribution in [1.29, 1.82) is 10.5 Å². The summed E-state index contributed by atoms with van der Waals surface area (Å²) in [6.07, 6.45) is 1.47. The van der Waals surface area contributed by atoms with Crippen LogP contribution in [0.25, 0.3) is 0 Å². The number of pyridine rings is 1. The van der Waals surface area contributed by atoms with Crippen LogP contribution in [-0.4, -0.2) is 34.2 Å². The Bertz CT molecular complexity index is 1350. The summed E-state index contributed by atoms with van der Waals surface area (Å²) in [6.45, 7) is 0. The number of nitriles is 2. The van der Waals surface area contributed by atoms with Gasteiger partial charge < -0.3 is 25.2 Å². The van der Waals surface area contributed by atoms with Gasteiger partial charge in [0.1, 0.15) is 17.1 Å². The van der Waals surface area contributed by atoms with Crippen molar-refractivity contribution >= 4 is 12.0 Å². The van der Waals surface area contributed by atoms with Gasteiger partial charge in [-0.25, -0.2) is 4.79 Å². The lowest BCUT2D eigenvalue weighted by Gasteiger charge is -2.29. The highest BCUT2D eigenvalue weighted by molar-refractivity contribution is 5.96. The van der Waals surface area contributed by atoms with Crippen LogP contribution in [0.2, 0.25) is 0 Å². The minimum Gasteiger partial charge on any atom is -0.465 e. The quantitative estimate of drug-likeness (QED) is 0.423. The van der Waals surface area contributed by atoms with E-state index in [1.54, 1.807) is 60.7 Å². The lowest BCUT2D eigenvalue weighted by molar-refractivity contribution is 0.0920. The van der Waals surface area contributed by atoms with Gasteiger partial charge in [-0.1, -0.05) is 0 Å². The smallest absolute Gasteiger partial charge is 0.404 e. The van der Waals surface area contributed by atoms with Gasteiger partial charge in [-0.15, -0.1) is 0 Å². The third-order valence-electron chi connectivity index (χ3n) is 5.87. The van der Waals surface area contributed by atoms with Crippen molar-refractivity contribution in [3.05, 3.63) is 77.4 Å². The number of carbonyl (C=O) groups excluding carboxylic acids is 1. The van der Waals surface area contributed by atoms with Crippen LogP contribution in [0.5, 0.6) is 23.3 Å². The summed E-state index contributed by atoms with van der Waals surface area (Å²) >= 11 is 0. The lowest BCUT2D eigenvalue weighted by atomic mass is 9.91. The van der Waals surface area contributed by atoms with E-state index in [-0.39, 0.29) is 35.3 Å². The maximum absolute atomic E-state index is 13.2. The van der Waals surface area contributed by atoms with E-state index in [2.05, 4.69) is 15.6 Å². The second-order valence-electron chi connectivity index (χ2n) is 8.45. The van der Waals surface area contributed by atoms with Crippen molar-refractivity contribution in [2.75, 3.05) is 0 Å². The molecule has 0 spiro atoms. The van der Waals surface area contributed by atoms with Crippen molar-refractivity contribution in [3.63, 3.8) is 0 Å². The predicted molar refractivity (Wildman–Crippen MR) is 131 cm³/mol. The molecule has 0 unspecified atom stereocenters. The monoisotopic (exact) mass is 497 g/mol. The highest BCUT2D eigenvalue weighted by Crippen LogP contribution is 2.29. The molecule has 10 heteroatoms. The van der Waals surface area contributed by atoms with E-state index in [1.807, 2.05) is 12.1 Å². The number of nitrogens with zero attached hydrogens (tertiary/aromatic N) is 3. The van der Waals surface area contributed by atoms with Crippen LogP contribution in [-0.2, 0) is 0 Å². The van der Waals surface area contributed by atoms with Gasteiger partial charge in [0.15, 0.2) is 0 Å². The van der Waals surface area contributed by atoms with Gasteiger partial charge >= 0.3 is 6.09 Å². The van der Waals surface area contributed by atoms with Gasteiger partial charge in [-0.3, -0.25) is 4.79 Å². The summed E-state index contributed by atoms with van der Waals surface area (Å²) in [5.74, 6) is 0.673. The molecule has 2 aromatic carbocycles. The minimum absolute atomic E-state index is 0.0228. The maximum Gasteiger partial charge on any atom is 0.404 e. The standard InChI is InChI=1S/C27H23N5O5/c28-15-17-1-9-21(10-2-17)36-24-14-13-23(26(32-24)37-22-11-3-18(16-29)4-12-22)25(33)30-19-5-7-20(8-6-19)31-27(34)35/h1-4,9-14,19-20,31H,5-8H2,(H,30,33)(H,34,35). The average Bonchev–Trinajstić information content (AvgIpc) is 2.90. The molecule has 10 nitrogen and oxygen atoms in total. The Kier molecular flexibility index (Phi) is 7.82. The number of hydrogen-bond donors (Lipinski definition) is 3. The zero-order chi connectivity index (χ0) is 26.2. The van der Waals surface area contributed by atoms with Gasteiger partial charge in [-0.05, 0) is 80.3 Å². The van der Waals surface area contributed by atoms with Gasteiger partial charge in [0, 0.05) is 18.2 Å². The van der Waals surface area contributed by atoms with Gasteiger partial charge in [-0.2, -0.15) is 15.5 Å². The molecule has 1 saturated carbocycles. The van der Waals surface area contributed by atoms with Crippen LogP contribution in [0, 0.1) is 22.7 Å². The number of benzene rings is 2.